The van der Waals surface area contributed by atoms with Crippen molar-refractivity contribution in [1.82, 2.24) is 9.55 Å². The van der Waals surface area contributed by atoms with E-state index in [1.807, 2.05) is 13.8 Å². The van der Waals surface area contributed by atoms with Gasteiger partial charge in [0, 0.05) is 30.0 Å². The number of esters is 1. The molecule has 10 heteroatoms. The number of benzene rings is 1. The molecule has 0 bridgehead atoms. The van der Waals surface area contributed by atoms with E-state index in [9.17, 15) is 14.4 Å². The number of carbonyl (C=O) groups excluding carboxylic acids is 2. The third-order valence-corrected chi connectivity index (χ3v) is 6.05. The van der Waals surface area contributed by atoms with Gasteiger partial charge in [0.25, 0.3) is 5.56 Å². The number of hydrogen-bond acceptors (Lipinski definition) is 8. The summed E-state index contributed by atoms with van der Waals surface area (Å²) in [5.74, 6) is -0.346. The van der Waals surface area contributed by atoms with Gasteiger partial charge < -0.3 is 19.5 Å². The number of aryl methyl sites for hydroxylation is 3. The molecule has 0 aliphatic heterocycles. The van der Waals surface area contributed by atoms with Crippen LogP contribution in [0.4, 0.5) is 5.69 Å². The first-order valence-electron chi connectivity index (χ1n) is 9.40. The number of amides is 1. The van der Waals surface area contributed by atoms with E-state index in [0.717, 1.165) is 10.4 Å². The van der Waals surface area contributed by atoms with Gasteiger partial charge in [0.2, 0.25) is 5.91 Å². The van der Waals surface area contributed by atoms with Crippen LogP contribution in [0.3, 0.4) is 0 Å². The quantitative estimate of drug-likeness (QED) is 0.557. The Kier molecular flexibility index (Phi) is 6.59. The number of thiophene rings is 1. The lowest BCUT2D eigenvalue weighted by Crippen LogP contribution is -2.24. The number of methoxy groups -OCH3 is 3. The van der Waals surface area contributed by atoms with E-state index in [2.05, 4.69) is 10.3 Å². The third-order valence-electron chi connectivity index (χ3n) is 4.94. The summed E-state index contributed by atoms with van der Waals surface area (Å²) < 4.78 is 16.7. The highest BCUT2D eigenvalue weighted by molar-refractivity contribution is 7.18. The second kappa shape index (κ2) is 9.17. The second-order valence-corrected chi connectivity index (χ2v) is 7.95. The summed E-state index contributed by atoms with van der Waals surface area (Å²) >= 11 is 1.47. The van der Waals surface area contributed by atoms with Crippen molar-refractivity contribution in [1.29, 1.82) is 0 Å². The van der Waals surface area contributed by atoms with E-state index in [4.69, 9.17) is 14.2 Å². The average Bonchev–Trinajstić information content (AvgIpc) is 3.06. The highest BCUT2D eigenvalue weighted by Crippen LogP contribution is 2.34. The molecule has 0 spiro atoms. The van der Waals surface area contributed by atoms with E-state index in [1.165, 1.54) is 55.7 Å². The monoisotopic (exact) mass is 445 g/mol. The van der Waals surface area contributed by atoms with Crippen molar-refractivity contribution in [3.05, 3.63) is 44.8 Å². The Morgan fingerprint density at radius 1 is 1.13 bits per heavy atom. The Bertz CT molecular complexity index is 1210. The Hall–Kier alpha value is -3.40. The Balaban J connectivity index is 1.82. The highest BCUT2D eigenvalue weighted by Gasteiger charge is 2.19. The summed E-state index contributed by atoms with van der Waals surface area (Å²) in [7, 11) is 4.13. The van der Waals surface area contributed by atoms with Crippen molar-refractivity contribution in [2.24, 2.45) is 0 Å². The van der Waals surface area contributed by atoms with Gasteiger partial charge in [-0.05, 0) is 19.4 Å². The van der Waals surface area contributed by atoms with Crippen molar-refractivity contribution >= 4 is 39.1 Å². The fourth-order valence-corrected chi connectivity index (χ4v) is 4.11. The molecule has 164 valence electrons. The van der Waals surface area contributed by atoms with Crippen LogP contribution in [0.1, 0.15) is 27.2 Å². The number of rotatable bonds is 7. The summed E-state index contributed by atoms with van der Waals surface area (Å²) in [4.78, 5) is 43.6. The molecule has 1 aromatic carbocycles. The zero-order chi connectivity index (χ0) is 22.7. The van der Waals surface area contributed by atoms with Gasteiger partial charge in [-0.25, -0.2) is 9.78 Å². The summed E-state index contributed by atoms with van der Waals surface area (Å²) in [6.45, 7) is 3.98. The minimum atomic E-state index is -0.634. The van der Waals surface area contributed by atoms with Crippen molar-refractivity contribution in [3.8, 4) is 11.5 Å². The molecule has 1 amide bonds. The van der Waals surface area contributed by atoms with Crippen LogP contribution >= 0.6 is 11.3 Å². The van der Waals surface area contributed by atoms with E-state index < -0.39 is 5.97 Å². The van der Waals surface area contributed by atoms with Crippen molar-refractivity contribution in [3.63, 3.8) is 0 Å². The largest absolute Gasteiger partial charge is 0.493 e. The number of aromatic nitrogens is 2. The van der Waals surface area contributed by atoms with E-state index in [0.29, 0.717) is 21.7 Å². The van der Waals surface area contributed by atoms with Gasteiger partial charge in [-0.3, -0.25) is 14.2 Å². The first-order chi connectivity index (χ1) is 14.8. The van der Waals surface area contributed by atoms with Gasteiger partial charge in [-0.15, -0.1) is 11.3 Å². The van der Waals surface area contributed by atoms with Crippen LogP contribution in [-0.4, -0.2) is 42.8 Å². The maximum Gasteiger partial charge on any atom is 0.340 e. The smallest absolute Gasteiger partial charge is 0.340 e. The molecule has 0 radical (unpaired) electrons. The minimum Gasteiger partial charge on any atom is -0.493 e. The van der Waals surface area contributed by atoms with Crippen LogP contribution in [0.5, 0.6) is 11.5 Å². The van der Waals surface area contributed by atoms with E-state index in [1.54, 1.807) is 0 Å². The Morgan fingerprint density at radius 3 is 2.45 bits per heavy atom. The van der Waals surface area contributed by atoms with Crippen LogP contribution < -0.4 is 20.3 Å². The molecule has 0 saturated heterocycles. The fourth-order valence-electron chi connectivity index (χ4n) is 3.13. The molecule has 0 aliphatic carbocycles. The maximum absolute atomic E-state index is 12.8. The summed E-state index contributed by atoms with van der Waals surface area (Å²) in [6, 6.07) is 2.92. The van der Waals surface area contributed by atoms with Gasteiger partial charge in [0.15, 0.2) is 11.5 Å². The normalized spacial score (nSPS) is 10.7. The molecular weight excluding hydrogens is 422 g/mol. The van der Waals surface area contributed by atoms with Gasteiger partial charge in [0.1, 0.15) is 4.83 Å². The minimum absolute atomic E-state index is 0.00418. The number of carbonyl (C=O) groups is 2. The van der Waals surface area contributed by atoms with Gasteiger partial charge >= 0.3 is 5.97 Å². The summed E-state index contributed by atoms with van der Waals surface area (Å²) in [5.41, 5.74) is 1.07. The van der Waals surface area contributed by atoms with Crippen LogP contribution in [0.2, 0.25) is 0 Å². The molecule has 1 N–H and O–H groups in total. The molecule has 9 nitrogen and oxygen atoms in total. The predicted molar refractivity (Wildman–Crippen MR) is 117 cm³/mol. The standard InChI is InChI=1S/C21H23N3O6S/c1-11-12(2)31-19-18(11)20(26)24(10-22-19)7-6-17(25)23-14-9-16(29-4)15(28-3)8-13(14)21(27)30-5/h8-10H,6-7H2,1-5H3,(H,23,25). The number of fused-ring (bicyclic) bond motifs is 1. The topological polar surface area (TPSA) is 109 Å². The maximum atomic E-state index is 12.8. The number of hydrogen-bond donors (Lipinski definition) is 1. The molecule has 31 heavy (non-hydrogen) atoms. The van der Waals surface area contributed by atoms with Crippen molar-refractivity contribution in [2.45, 2.75) is 26.8 Å². The molecule has 3 aromatic rings. The number of anilines is 1. The fraction of sp³-hybridized carbons (Fsp3) is 0.333. The number of nitrogens with one attached hydrogen (secondary N) is 1. The van der Waals surface area contributed by atoms with Crippen LogP contribution in [0.25, 0.3) is 10.2 Å². The van der Waals surface area contributed by atoms with E-state index >= 15 is 0 Å². The Morgan fingerprint density at radius 2 is 1.81 bits per heavy atom. The SMILES string of the molecule is COC(=O)c1cc(OC)c(OC)cc1NC(=O)CCn1cnc2sc(C)c(C)c2c1=O. The van der Waals surface area contributed by atoms with Crippen molar-refractivity contribution < 1.29 is 23.8 Å². The summed E-state index contributed by atoms with van der Waals surface area (Å²) in [6.07, 6.45) is 1.45. The lowest BCUT2D eigenvalue weighted by molar-refractivity contribution is -0.116. The Labute approximate surface area is 182 Å². The zero-order valence-electron chi connectivity index (χ0n) is 17.9. The third kappa shape index (κ3) is 4.38. The average molecular weight is 445 g/mol. The van der Waals surface area contributed by atoms with Gasteiger partial charge in [0.05, 0.1) is 44.3 Å². The zero-order valence-corrected chi connectivity index (χ0v) is 18.7. The highest BCUT2D eigenvalue weighted by atomic mass is 32.1. The molecule has 0 aliphatic rings. The molecule has 2 aromatic heterocycles. The second-order valence-electron chi connectivity index (χ2n) is 6.75. The molecule has 0 unspecified atom stereocenters. The van der Waals surface area contributed by atoms with Gasteiger partial charge in [-0.2, -0.15) is 0 Å². The van der Waals surface area contributed by atoms with Crippen molar-refractivity contribution in [2.75, 3.05) is 26.6 Å². The number of nitrogens with zero attached hydrogens (tertiary/aromatic N) is 2. The van der Waals surface area contributed by atoms with E-state index in [-0.39, 0.29) is 35.7 Å². The lowest BCUT2D eigenvalue weighted by Gasteiger charge is -2.14. The summed E-state index contributed by atoms with van der Waals surface area (Å²) in [5, 5.41) is 3.27. The molecule has 2 heterocycles. The van der Waals surface area contributed by atoms with Crippen LogP contribution in [-0.2, 0) is 16.1 Å². The first-order valence-corrected chi connectivity index (χ1v) is 10.2. The number of ether oxygens (including phenoxy) is 3. The molecule has 0 fully saturated rings. The molecule has 3 rings (SSSR count). The molecular formula is C21H23N3O6S. The first kappa shape index (κ1) is 22.3. The lowest BCUT2D eigenvalue weighted by atomic mass is 10.1. The predicted octanol–water partition coefficient (Wildman–Crippen LogP) is 2.91. The van der Waals surface area contributed by atoms with Crippen LogP contribution in [0.15, 0.2) is 23.3 Å². The molecule has 0 atom stereocenters. The van der Waals surface area contributed by atoms with Crippen LogP contribution in [0, 0.1) is 13.8 Å². The van der Waals surface area contributed by atoms with Gasteiger partial charge in [-0.1, -0.05) is 0 Å². The molecule has 0 saturated carbocycles.